The van der Waals surface area contributed by atoms with E-state index in [0.717, 1.165) is 18.4 Å². The van der Waals surface area contributed by atoms with Crippen LogP contribution in [0.25, 0.3) is 0 Å². The molecule has 1 fully saturated rings. The standard InChI is InChI=1S/C22H31N3O3S/c1-15-7-9-19(10-8-15)24(6)29(27,28)21-18(4)23(5)17(3)20(21)22(26)25-13-11-16(2)12-14-25/h7-10,16H,11-14H2,1-6H3. The minimum atomic E-state index is -3.90. The van der Waals surface area contributed by atoms with Crippen LogP contribution in [0.5, 0.6) is 0 Å². The summed E-state index contributed by atoms with van der Waals surface area (Å²) >= 11 is 0. The van der Waals surface area contributed by atoms with Gasteiger partial charge in [-0.05, 0) is 51.7 Å². The summed E-state index contributed by atoms with van der Waals surface area (Å²) in [6, 6.07) is 7.33. The molecule has 0 radical (unpaired) electrons. The molecule has 1 saturated heterocycles. The van der Waals surface area contributed by atoms with Crippen LogP contribution in [0.15, 0.2) is 29.2 Å². The van der Waals surface area contributed by atoms with Gasteiger partial charge in [-0.15, -0.1) is 0 Å². The Morgan fingerprint density at radius 1 is 1.03 bits per heavy atom. The number of anilines is 1. The largest absolute Gasteiger partial charge is 0.350 e. The van der Waals surface area contributed by atoms with Gasteiger partial charge in [0.05, 0.1) is 11.3 Å². The SMILES string of the molecule is Cc1ccc(N(C)S(=O)(=O)c2c(C(=O)N3CCC(C)CC3)c(C)n(C)c2C)cc1. The zero-order valence-corrected chi connectivity index (χ0v) is 19.0. The lowest BCUT2D eigenvalue weighted by molar-refractivity contribution is 0.0692. The average molecular weight is 418 g/mol. The van der Waals surface area contributed by atoms with Gasteiger partial charge in [-0.1, -0.05) is 24.6 Å². The third kappa shape index (κ3) is 3.80. The molecule has 29 heavy (non-hydrogen) atoms. The summed E-state index contributed by atoms with van der Waals surface area (Å²) < 4.78 is 30.3. The molecule has 1 aromatic carbocycles. The van der Waals surface area contributed by atoms with E-state index in [4.69, 9.17) is 0 Å². The highest BCUT2D eigenvalue weighted by Gasteiger charge is 2.36. The molecule has 0 unspecified atom stereocenters. The van der Waals surface area contributed by atoms with Crippen LogP contribution in [-0.4, -0.2) is 43.9 Å². The Labute approximate surface area is 174 Å². The summed E-state index contributed by atoms with van der Waals surface area (Å²) in [4.78, 5) is 15.3. The van der Waals surface area contributed by atoms with Gasteiger partial charge in [-0.3, -0.25) is 9.10 Å². The fraction of sp³-hybridized carbons (Fsp3) is 0.500. The van der Waals surface area contributed by atoms with Crippen molar-refractivity contribution in [2.75, 3.05) is 24.4 Å². The van der Waals surface area contributed by atoms with Gasteiger partial charge >= 0.3 is 0 Å². The van der Waals surface area contributed by atoms with Gasteiger partial charge in [0.1, 0.15) is 4.90 Å². The second-order valence-corrected chi connectivity index (χ2v) is 10.1. The van der Waals surface area contributed by atoms with Crippen LogP contribution in [0.4, 0.5) is 5.69 Å². The number of aryl methyl sites for hydroxylation is 1. The van der Waals surface area contributed by atoms with E-state index in [1.165, 1.54) is 4.31 Å². The molecule has 1 aliphatic heterocycles. The number of nitrogens with zero attached hydrogens (tertiary/aromatic N) is 3. The van der Waals surface area contributed by atoms with Gasteiger partial charge in [-0.2, -0.15) is 0 Å². The van der Waals surface area contributed by atoms with Crippen molar-refractivity contribution in [2.24, 2.45) is 13.0 Å². The molecule has 158 valence electrons. The molecule has 2 aromatic rings. The van der Waals surface area contributed by atoms with E-state index < -0.39 is 10.0 Å². The van der Waals surface area contributed by atoms with E-state index in [2.05, 4.69) is 6.92 Å². The monoisotopic (exact) mass is 417 g/mol. The first-order valence-corrected chi connectivity index (χ1v) is 11.5. The summed E-state index contributed by atoms with van der Waals surface area (Å²) in [7, 11) is -0.547. The quantitative estimate of drug-likeness (QED) is 0.763. The minimum Gasteiger partial charge on any atom is -0.350 e. The maximum absolute atomic E-state index is 13.6. The minimum absolute atomic E-state index is 0.115. The highest BCUT2D eigenvalue weighted by atomic mass is 32.2. The lowest BCUT2D eigenvalue weighted by Gasteiger charge is -2.31. The van der Waals surface area contributed by atoms with E-state index in [-0.39, 0.29) is 10.8 Å². The zero-order chi connectivity index (χ0) is 21.5. The summed E-state index contributed by atoms with van der Waals surface area (Å²) in [5.41, 5.74) is 3.19. The van der Waals surface area contributed by atoms with Crippen LogP contribution in [0.1, 0.15) is 47.1 Å². The summed E-state index contributed by atoms with van der Waals surface area (Å²) in [5.74, 6) is 0.405. The Bertz CT molecular complexity index is 1010. The lowest BCUT2D eigenvalue weighted by Crippen LogP contribution is -2.39. The highest BCUT2D eigenvalue weighted by molar-refractivity contribution is 7.93. The number of benzene rings is 1. The first-order chi connectivity index (χ1) is 13.6. The first-order valence-electron chi connectivity index (χ1n) is 10.1. The van der Waals surface area contributed by atoms with Gasteiger partial charge in [0.2, 0.25) is 0 Å². The molecule has 0 saturated carbocycles. The van der Waals surface area contributed by atoms with E-state index in [0.29, 0.717) is 41.6 Å². The molecule has 6 nitrogen and oxygen atoms in total. The number of amides is 1. The van der Waals surface area contributed by atoms with Crippen LogP contribution in [0.3, 0.4) is 0 Å². The zero-order valence-electron chi connectivity index (χ0n) is 18.2. The van der Waals surface area contributed by atoms with Crippen molar-refractivity contribution in [3.63, 3.8) is 0 Å². The van der Waals surface area contributed by atoms with E-state index in [1.807, 2.05) is 33.0 Å². The van der Waals surface area contributed by atoms with Crippen LogP contribution < -0.4 is 4.31 Å². The van der Waals surface area contributed by atoms with Crippen LogP contribution >= 0.6 is 0 Å². The molecular weight excluding hydrogens is 386 g/mol. The predicted octanol–water partition coefficient (Wildman–Crippen LogP) is 3.65. The molecule has 0 bridgehead atoms. The van der Waals surface area contributed by atoms with Gasteiger partial charge in [0.15, 0.2) is 0 Å². The molecule has 1 aliphatic rings. The number of rotatable bonds is 4. The van der Waals surface area contributed by atoms with Crippen LogP contribution in [-0.2, 0) is 17.1 Å². The number of likely N-dealkylation sites (tertiary alicyclic amines) is 1. The first kappa shape index (κ1) is 21.4. The molecule has 7 heteroatoms. The van der Waals surface area contributed by atoms with Crippen molar-refractivity contribution >= 4 is 21.6 Å². The second kappa shape index (κ2) is 7.86. The number of sulfonamides is 1. The molecule has 0 spiro atoms. The molecule has 2 heterocycles. The maximum Gasteiger partial charge on any atom is 0.266 e. The second-order valence-electron chi connectivity index (χ2n) is 8.22. The van der Waals surface area contributed by atoms with Crippen molar-refractivity contribution in [3.05, 3.63) is 46.8 Å². The fourth-order valence-corrected chi connectivity index (χ4v) is 5.56. The third-order valence-electron chi connectivity index (χ3n) is 6.22. The van der Waals surface area contributed by atoms with E-state index in [9.17, 15) is 13.2 Å². The highest BCUT2D eigenvalue weighted by Crippen LogP contribution is 2.32. The van der Waals surface area contributed by atoms with Gasteiger partial charge in [0, 0.05) is 38.6 Å². The Hall–Kier alpha value is -2.28. The average Bonchev–Trinajstić information content (AvgIpc) is 2.92. The number of hydrogen-bond donors (Lipinski definition) is 0. The molecule has 1 amide bonds. The summed E-state index contributed by atoms with van der Waals surface area (Å²) in [6.07, 6.45) is 1.89. The molecule has 0 aliphatic carbocycles. The van der Waals surface area contributed by atoms with Crippen LogP contribution in [0, 0.1) is 26.7 Å². The number of aromatic nitrogens is 1. The smallest absolute Gasteiger partial charge is 0.266 e. The third-order valence-corrected chi connectivity index (χ3v) is 8.17. The normalized spacial score (nSPS) is 15.6. The van der Waals surface area contributed by atoms with Crippen molar-refractivity contribution in [2.45, 2.75) is 45.4 Å². The van der Waals surface area contributed by atoms with Gasteiger partial charge in [-0.25, -0.2) is 8.42 Å². The molecule has 3 rings (SSSR count). The van der Waals surface area contributed by atoms with Crippen molar-refractivity contribution in [1.29, 1.82) is 0 Å². The molecule has 0 atom stereocenters. The Morgan fingerprint density at radius 2 is 1.59 bits per heavy atom. The van der Waals surface area contributed by atoms with Gasteiger partial charge in [0.25, 0.3) is 15.9 Å². The van der Waals surface area contributed by atoms with E-state index >= 15 is 0 Å². The molecule has 1 aromatic heterocycles. The number of carbonyl (C=O) groups is 1. The topological polar surface area (TPSA) is 62.6 Å². The Kier molecular flexibility index (Phi) is 5.81. The van der Waals surface area contributed by atoms with Crippen molar-refractivity contribution < 1.29 is 13.2 Å². The lowest BCUT2D eigenvalue weighted by atomic mass is 9.98. The summed E-state index contributed by atoms with van der Waals surface area (Å²) in [6.45, 7) is 9.06. The molecule has 0 N–H and O–H groups in total. The maximum atomic E-state index is 13.6. The van der Waals surface area contributed by atoms with Crippen molar-refractivity contribution in [3.8, 4) is 0 Å². The van der Waals surface area contributed by atoms with E-state index in [1.54, 1.807) is 35.6 Å². The van der Waals surface area contributed by atoms with Gasteiger partial charge < -0.3 is 9.47 Å². The number of carbonyl (C=O) groups excluding carboxylic acids is 1. The number of hydrogen-bond acceptors (Lipinski definition) is 3. The summed E-state index contributed by atoms with van der Waals surface area (Å²) in [5, 5.41) is 0. The fourth-order valence-electron chi connectivity index (χ4n) is 3.88. The van der Waals surface area contributed by atoms with Crippen molar-refractivity contribution in [1.82, 2.24) is 9.47 Å². The Balaban J connectivity index is 2.08. The number of piperidine rings is 1. The Morgan fingerprint density at radius 3 is 2.14 bits per heavy atom. The van der Waals surface area contributed by atoms with Crippen LogP contribution in [0.2, 0.25) is 0 Å². The molecular formula is C22H31N3O3S. The predicted molar refractivity (Wildman–Crippen MR) is 116 cm³/mol.